The Labute approximate surface area is 169 Å². The Morgan fingerprint density at radius 2 is 1.83 bits per heavy atom. The molecule has 3 amide bonds. The fourth-order valence-electron chi connectivity index (χ4n) is 2.89. The quantitative estimate of drug-likeness (QED) is 0.391. The van der Waals surface area contributed by atoms with Gasteiger partial charge in [-0.15, -0.1) is 0 Å². The maximum absolute atomic E-state index is 12.4. The predicted octanol–water partition coefficient (Wildman–Crippen LogP) is -1.46. The number of benzene rings is 1. The fourth-order valence-corrected chi connectivity index (χ4v) is 2.89. The van der Waals surface area contributed by atoms with Crippen LogP contribution in [-0.4, -0.2) is 79.8 Å². The number of morpholine rings is 1. The summed E-state index contributed by atoms with van der Waals surface area (Å²) < 4.78 is 10.3. The molecule has 1 heterocycles. The van der Waals surface area contributed by atoms with Crippen LogP contribution in [-0.2, 0) is 19.1 Å². The number of aliphatic hydroxyl groups is 1. The van der Waals surface area contributed by atoms with Gasteiger partial charge in [0.2, 0.25) is 17.7 Å². The van der Waals surface area contributed by atoms with Crippen LogP contribution in [0.4, 0.5) is 0 Å². The standard InChI is InChI=1S/C19H28N4O6/c1-12(21-15(24)11-23-7-9-29-10-8-23)19(27)22-16(18(20)26)17(25)13-3-5-14(28-2)6-4-13/h3-6,12,16-17,25H,7-11H2,1-2H3,(H2,20,26)(H,21,24)(H,22,27)/t12-,16?,17?/m0/s1. The van der Waals surface area contributed by atoms with Gasteiger partial charge in [0, 0.05) is 13.1 Å². The Bertz CT molecular complexity index is 705. The minimum Gasteiger partial charge on any atom is -0.497 e. The van der Waals surface area contributed by atoms with Crippen LogP contribution in [0.2, 0.25) is 0 Å². The highest BCUT2D eigenvalue weighted by Gasteiger charge is 2.30. The third-order valence-corrected chi connectivity index (χ3v) is 4.62. The van der Waals surface area contributed by atoms with E-state index in [4.69, 9.17) is 15.2 Å². The molecular formula is C19H28N4O6. The topological polar surface area (TPSA) is 143 Å². The summed E-state index contributed by atoms with van der Waals surface area (Å²) in [5, 5.41) is 15.5. The van der Waals surface area contributed by atoms with Crippen LogP contribution in [0.3, 0.4) is 0 Å². The number of carbonyl (C=O) groups excluding carboxylic acids is 3. The van der Waals surface area contributed by atoms with Gasteiger partial charge in [-0.05, 0) is 24.6 Å². The first kappa shape index (κ1) is 22.6. The molecule has 1 aromatic rings. The molecule has 10 heteroatoms. The summed E-state index contributed by atoms with van der Waals surface area (Å²) in [5.41, 5.74) is 5.75. The molecule has 1 aliphatic heterocycles. The maximum Gasteiger partial charge on any atom is 0.243 e. The Balaban J connectivity index is 1.93. The van der Waals surface area contributed by atoms with Gasteiger partial charge in [0.1, 0.15) is 23.9 Å². The summed E-state index contributed by atoms with van der Waals surface area (Å²) in [6.45, 7) is 4.05. The van der Waals surface area contributed by atoms with E-state index in [0.29, 0.717) is 37.6 Å². The van der Waals surface area contributed by atoms with Gasteiger partial charge >= 0.3 is 0 Å². The van der Waals surface area contributed by atoms with Crippen molar-refractivity contribution in [1.82, 2.24) is 15.5 Å². The molecule has 0 bridgehead atoms. The van der Waals surface area contributed by atoms with Crippen molar-refractivity contribution in [2.24, 2.45) is 5.73 Å². The highest BCUT2D eigenvalue weighted by molar-refractivity contribution is 5.92. The summed E-state index contributed by atoms with van der Waals surface area (Å²) in [4.78, 5) is 38.3. The Kier molecular flexibility index (Phi) is 8.37. The zero-order valence-corrected chi connectivity index (χ0v) is 16.6. The summed E-state index contributed by atoms with van der Waals surface area (Å²) in [5.74, 6) is -1.26. The van der Waals surface area contributed by atoms with Crippen molar-refractivity contribution in [3.05, 3.63) is 29.8 Å². The van der Waals surface area contributed by atoms with Gasteiger partial charge in [0.05, 0.1) is 26.9 Å². The van der Waals surface area contributed by atoms with E-state index < -0.39 is 30.0 Å². The smallest absolute Gasteiger partial charge is 0.243 e. The minimum atomic E-state index is -1.35. The van der Waals surface area contributed by atoms with Crippen molar-refractivity contribution in [2.45, 2.75) is 25.1 Å². The maximum atomic E-state index is 12.4. The van der Waals surface area contributed by atoms with E-state index in [1.807, 2.05) is 4.90 Å². The SMILES string of the molecule is COc1ccc(C(O)C(NC(=O)[C@H](C)NC(=O)CN2CCOCC2)C(N)=O)cc1. The summed E-state index contributed by atoms with van der Waals surface area (Å²) in [6.07, 6.45) is -1.35. The molecule has 1 fully saturated rings. The van der Waals surface area contributed by atoms with Crippen LogP contribution in [0, 0.1) is 0 Å². The van der Waals surface area contributed by atoms with E-state index in [2.05, 4.69) is 10.6 Å². The third kappa shape index (κ3) is 6.70. The van der Waals surface area contributed by atoms with Crippen molar-refractivity contribution in [1.29, 1.82) is 0 Å². The van der Waals surface area contributed by atoms with E-state index in [9.17, 15) is 19.5 Å². The second kappa shape index (κ2) is 10.7. The number of aliphatic hydroxyl groups excluding tert-OH is 1. The molecular weight excluding hydrogens is 380 g/mol. The van der Waals surface area contributed by atoms with Crippen LogP contribution in [0.15, 0.2) is 24.3 Å². The lowest BCUT2D eigenvalue weighted by molar-refractivity contribution is -0.133. The van der Waals surface area contributed by atoms with Crippen LogP contribution in [0.1, 0.15) is 18.6 Å². The lowest BCUT2D eigenvalue weighted by Gasteiger charge is -2.27. The number of hydrogen-bond donors (Lipinski definition) is 4. The summed E-state index contributed by atoms with van der Waals surface area (Å²) >= 11 is 0. The molecule has 0 spiro atoms. The van der Waals surface area contributed by atoms with E-state index in [0.717, 1.165) is 0 Å². The van der Waals surface area contributed by atoms with E-state index >= 15 is 0 Å². The number of carbonyl (C=O) groups is 3. The Morgan fingerprint density at radius 1 is 1.21 bits per heavy atom. The normalized spacial score (nSPS) is 17.6. The number of ether oxygens (including phenoxy) is 2. The van der Waals surface area contributed by atoms with Crippen molar-refractivity contribution >= 4 is 17.7 Å². The second-order valence-electron chi connectivity index (χ2n) is 6.78. The average molecular weight is 408 g/mol. The van der Waals surface area contributed by atoms with Crippen molar-refractivity contribution in [2.75, 3.05) is 40.0 Å². The molecule has 2 unspecified atom stereocenters. The van der Waals surface area contributed by atoms with Gasteiger partial charge in [0.25, 0.3) is 0 Å². The fraction of sp³-hybridized carbons (Fsp3) is 0.526. The molecule has 0 radical (unpaired) electrons. The van der Waals surface area contributed by atoms with Crippen LogP contribution < -0.4 is 21.1 Å². The number of rotatable bonds is 9. The molecule has 0 aromatic heterocycles. The lowest BCUT2D eigenvalue weighted by atomic mass is 10.0. The summed E-state index contributed by atoms with van der Waals surface area (Å²) in [6, 6.07) is 4.11. The van der Waals surface area contributed by atoms with E-state index in [1.54, 1.807) is 24.3 Å². The van der Waals surface area contributed by atoms with Gasteiger partial charge in [0.15, 0.2) is 0 Å². The molecule has 2 rings (SSSR count). The summed E-state index contributed by atoms with van der Waals surface area (Å²) in [7, 11) is 1.51. The van der Waals surface area contributed by atoms with Crippen molar-refractivity contribution in [3.63, 3.8) is 0 Å². The Hall–Kier alpha value is -2.69. The third-order valence-electron chi connectivity index (χ3n) is 4.62. The molecule has 0 saturated carbocycles. The number of nitrogens with one attached hydrogen (secondary N) is 2. The van der Waals surface area contributed by atoms with Gasteiger partial charge in [-0.3, -0.25) is 19.3 Å². The molecule has 0 aliphatic carbocycles. The molecule has 160 valence electrons. The van der Waals surface area contributed by atoms with Gasteiger partial charge < -0.3 is 30.9 Å². The van der Waals surface area contributed by atoms with Gasteiger partial charge in [-0.1, -0.05) is 12.1 Å². The molecule has 5 N–H and O–H groups in total. The van der Waals surface area contributed by atoms with Crippen LogP contribution in [0.5, 0.6) is 5.75 Å². The number of methoxy groups -OCH3 is 1. The number of amides is 3. The lowest BCUT2D eigenvalue weighted by Crippen LogP contribution is -2.55. The monoisotopic (exact) mass is 408 g/mol. The predicted molar refractivity (Wildman–Crippen MR) is 104 cm³/mol. The zero-order valence-electron chi connectivity index (χ0n) is 16.6. The number of nitrogens with zero attached hydrogens (tertiary/aromatic N) is 1. The number of hydrogen-bond acceptors (Lipinski definition) is 7. The first-order valence-corrected chi connectivity index (χ1v) is 9.33. The molecule has 1 aliphatic rings. The number of primary amides is 1. The van der Waals surface area contributed by atoms with Crippen LogP contribution >= 0.6 is 0 Å². The first-order chi connectivity index (χ1) is 13.8. The van der Waals surface area contributed by atoms with E-state index in [-0.39, 0.29) is 12.5 Å². The molecule has 29 heavy (non-hydrogen) atoms. The minimum absolute atomic E-state index is 0.148. The molecule has 1 saturated heterocycles. The second-order valence-corrected chi connectivity index (χ2v) is 6.78. The highest BCUT2D eigenvalue weighted by atomic mass is 16.5. The molecule has 1 aromatic carbocycles. The largest absolute Gasteiger partial charge is 0.497 e. The van der Waals surface area contributed by atoms with E-state index in [1.165, 1.54) is 14.0 Å². The van der Waals surface area contributed by atoms with Crippen LogP contribution in [0.25, 0.3) is 0 Å². The molecule has 10 nitrogen and oxygen atoms in total. The molecule has 3 atom stereocenters. The van der Waals surface area contributed by atoms with Crippen molar-refractivity contribution < 1.29 is 29.0 Å². The first-order valence-electron chi connectivity index (χ1n) is 9.33. The van der Waals surface area contributed by atoms with Crippen molar-refractivity contribution in [3.8, 4) is 5.75 Å². The Morgan fingerprint density at radius 3 is 2.38 bits per heavy atom. The average Bonchev–Trinajstić information content (AvgIpc) is 2.71. The zero-order chi connectivity index (χ0) is 21.4. The van der Waals surface area contributed by atoms with Gasteiger partial charge in [-0.25, -0.2) is 0 Å². The number of nitrogens with two attached hydrogens (primary N) is 1. The highest BCUT2D eigenvalue weighted by Crippen LogP contribution is 2.20. The van der Waals surface area contributed by atoms with Gasteiger partial charge in [-0.2, -0.15) is 0 Å².